The fourth-order valence-corrected chi connectivity index (χ4v) is 0.634. The summed E-state index contributed by atoms with van der Waals surface area (Å²) in [6, 6.07) is 0. The average Bonchev–Trinajstić information content (AvgIpc) is 2.23. The van der Waals surface area contributed by atoms with E-state index in [0.29, 0.717) is 13.0 Å². The molecule has 0 spiro atoms. The molecule has 1 saturated heterocycles. The highest BCUT2D eigenvalue weighted by molar-refractivity contribution is 5.76. The molecule has 1 N–H and O–H groups in total. The maximum Gasteiger partial charge on any atom is 0.245 e. The molecule has 1 rings (SSSR count). The van der Waals surface area contributed by atoms with Crippen molar-refractivity contribution in [3.8, 4) is 0 Å². The Bertz CT molecular complexity index is 93.1. The van der Waals surface area contributed by atoms with Crippen LogP contribution in [0.15, 0.2) is 0 Å². The van der Waals surface area contributed by atoms with Crippen molar-refractivity contribution in [1.29, 1.82) is 0 Å². The van der Waals surface area contributed by atoms with Gasteiger partial charge in [-0.15, -0.1) is 0 Å². The monoisotopic (exact) mass is 131 g/mol. The van der Waals surface area contributed by atoms with Crippen LogP contribution in [0.5, 0.6) is 0 Å². The number of rotatable bonds is 0. The molecule has 1 amide bonds. The summed E-state index contributed by atoms with van der Waals surface area (Å²) in [5, 5.41) is 9.25. The molecule has 0 radical (unpaired) electrons. The van der Waals surface area contributed by atoms with E-state index in [1.807, 2.05) is 13.8 Å². The van der Waals surface area contributed by atoms with Crippen molar-refractivity contribution in [2.75, 3.05) is 6.54 Å². The van der Waals surface area contributed by atoms with Gasteiger partial charge in [-0.05, 0) is 6.42 Å². The van der Waals surface area contributed by atoms with E-state index in [1.165, 1.54) is 0 Å². The molecule has 0 aromatic heterocycles. The van der Waals surface area contributed by atoms with Crippen LogP contribution in [0.1, 0.15) is 26.7 Å². The largest absolute Gasteiger partial charge is 0.286 e. The molecular weight excluding hydrogens is 118 g/mol. The maximum atomic E-state index is 10.2. The first-order chi connectivity index (χ1) is 4.30. The number of hydrogen-bond donors (Lipinski definition) is 1. The van der Waals surface area contributed by atoms with Gasteiger partial charge >= 0.3 is 0 Å². The van der Waals surface area contributed by atoms with Crippen molar-refractivity contribution in [3.63, 3.8) is 0 Å². The summed E-state index contributed by atoms with van der Waals surface area (Å²) in [7, 11) is 0. The Morgan fingerprint density at radius 2 is 2.11 bits per heavy atom. The van der Waals surface area contributed by atoms with Crippen LogP contribution < -0.4 is 0 Å². The van der Waals surface area contributed by atoms with Crippen LogP contribution in [0.2, 0.25) is 0 Å². The smallest absolute Gasteiger partial charge is 0.245 e. The SMILES string of the molecule is CC.O=C1CCCN1O. The zero-order valence-corrected chi connectivity index (χ0v) is 5.92. The molecule has 54 valence electrons. The highest BCUT2D eigenvalue weighted by atomic mass is 16.5. The lowest BCUT2D eigenvalue weighted by Crippen LogP contribution is -2.18. The maximum absolute atomic E-state index is 10.2. The summed E-state index contributed by atoms with van der Waals surface area (Å²) in [5.41, 5.74) is 0. The van der Waals surface area contributed by atoms with Crippen LogP contribution in [0.25, 0.3) is 0 Å². The van der Waals surface area contributed by atoms with Crippen molar-refractivity contribution in [2.24, 2.45) is 0 Å². The van der Waals surface area contributed by atoms with Crippen molar-refractivity contribution >= 4 is 5.91 Å². The number of carbonyl (C=O) groups excluding carboxylic acids is 1. The third kappa shape index (κ3) is 2.46. The van der Waals surface area contributed by atoms with Gasteiger partial charge in [0.05, 0.1) is 0 Å². The molecule has 0 aromatic carbocycles. The Hall–Kier alpha value is -0.570. The number of carbonyl (C=O) groups is 1. The molecule has 3 heteroatoms. The van der Waals surface area contributed by atoms with Crippen LogP contribution in [0.3, 0.4) is 0 Å². The molecule has 1 fully saturated rings. The summed E-state index contributed by atoms with van der Waals surface area (Å²) in [6.07, 6.45) is 1.31. The summed E-state index contributed by atoms with van der Waals surface area (Å²) in [6.45, 7) is 4.51. The molecule has 9 heavy (non-hydrogen) atoms. The van der Waals surface area contributed by atoms with E-state index in [4.69, 9.17) is 5.21 Å². The summed E-state index contributed by atoms with van der Waals surface area (Å²) < 4.78 is 0. The summed E-state index contributed by atoms with van der Waals surface area (Å²) in [4.78, 5) is 10.2. The van der Waals surface area contributed by atoms with Gasteiger partial charge in [0, 0.05) is 13.0 Å². The number of hydrogen-bond acceptors (Lipinski definition) is 2. The van der Waals surface area contributed by atoms with E-state index in [2.05, 4.69) is 0 Å². The van der Waals surface area contributed by atoms with E-state index in [-0.39, 0.29) is 5.91 Å². The van der Waals surface area contributed by atoms with Crippen LogP contribution >= 0.6 is 0 Å². The van der Waals surface area contributed by atoms with Gasteiger partial charge in [0.15, 0.2) is 0 Å². The highest BCUT2D eigenvalue weighted by Gasteiger charge is 2.16. The highest BCUT2D eigenvalue weighted by Crippen LogP contribution is 2.04. The second-order valence-corrected chi connectivity index (χ2v) is 1.62. The molecule has 1 aliphatic rings. The number of hydroxylamine groups is 2. The van der Waals surface area contributed by atoms with E-state index >= 15 is 0 Å². The fraction of sp³-hybridized carbons (Fsp3) is 0.833. The minimum Gasteiger partial charge on any atom is -0.286 e. The number of nitrogens with zero attached hydrogens (tertiary/aromatic N) is 1. The van der Waals surface area contributed by atoms with Crippen molar-refractivity contribution in [3.05, 3.63) is 0 Å². The molecule has 3 nitrogen and oxygen atoms in total. The Labute approximate surface area is 55.2 Å². The predicted molar refractivity (Wildman–Crippen MR) is 34.1 cm³/mol. The summed E-state index contributed by atoms with van der Waals surface area (Å²) in [5.74, 6) is -0.153. The lowest BCUT2D eigenvalue weighted by atomic mass is 10.4. The molecule has 0 saturated carbocycles. The van der Waals surface area contributed by atoms with Gasteiger partial charge in [0.1, 0.15) is 0 Å². The van der Waals surface area contributed by atoms with Crippen molar-refractivity contribution < 1.29 is 10.0 Å². The first-order valence-electron chi connectivity index (χ1n) is 3.30. The first-order valence-corrected chi connectivity index (χ1v) is 3.30. The molecule has 0 aromatic rings. The van der Waals surface area contributed by atoms with Gasteiger partial charge in [-0.2, -0.15) is 0 Å². The van der Waals surface area contributed by atoms with E-state index in [0.717, 1.165) is 11.5 Å². The van der Waals surface area contributed by atoms with E-state index in [1.54, 1.807) is 0 Å². The second-order valence-electron chi connectivity index (χ2n) is 1.62. The fourth-order valence-electron chi connectivity index (χ4n) is 0.634. The minimum atomic E-state index is -0.153. The molecule has 0 unspecified atom stereocenters. The first kappa shape index (κ1) is 8.43. The van der Waals surface area contributed by atoms with Gasteiger partial charge in [-0.1, -0.05) is 13.8 Å². The molecule has 1 aliphatic heterocycles. The van der Waals surface area contributed by atoms with Gasteiger partial charge in [-0.25, -0.2) is 5.06 Å². The normalized spacial score (nSPS) is 17.2. The zero-order chi connectivity index (χ0) is 7.28. The zero-order valence-electron chi connectivity index (χ0n) is 5.92. The molecule has 0 aliphatic carbocycles. The molecular formula is C6H13NO2. The topological polar surface area (TPSA) is 40.5 Å². The Balaban J connectivity index is 0.000000291. The van der Waals surface area contributed by atoms with Crippen LogP contribution in [-0.2, 0) is 4.79 Å². The second kappa shape index (κ2) is 4.32. The average molecular weight is 131 g/mol. The molecule has 0 bridgehead atoms. The van der Waals surface area contributed by atoms with Crippen LogP contribution in [0, 0.1) is 0 Å². The van der Waals surface area contributed by atoms with E-state index in [9.17, 15) is 4.79 Å². The van der Waals surface area contributed by atoms with Crippen molar-refractivity contribution in [2.45, 2.75) is 26.7 Å². The van der Waals surface area contributed by atoms with Gasteiger partial charge in [-0.3, -0.25) is 10.0 Å². The van der Waals surface area contributed by atoms with Gasteiger partial charge < -0.3 is 0 Å². The third-order valence-corrected chi connectivity index (χ3v) is 1.05. The van der Waals surface area contributed by atoms with E-state index < -0.39 is 0 Å². The Morgan fingerprint density at radius 3 is 2.22 bits per heavy atom. The van der Waals surface area contributed by atoms with Crippen molar-refractivity contribution in [1.82, 2.24) is 5.06 Å². The van der Waals surface area contributed by atoms with Gasteiger partial charge in [0.2, 0.25) is 5.91 Å². The Kier molecular flexibility index (Phi) is 4.05. The number of amides is 1. The van der Waals surface area contributed by atoms with Gasteiger partial charge in [0.25, 0.3) is 0 Å². The standard InChI is InChI=1S/C4H7NO2.C2H6/c6-4-2-1-3-5(4)7;1-2/h7H,1-3H2;1-2H3. The quantitative estimate of drug-likeness (QED) is 0.499. The minimum absolute atomic E-state index is 0.153. The molecule has 0 atom stereocenters. The summed E-state index contributed by atoms with van der Waals surface area (Å²) >= 11 is 0. The third-order valence-electron chi connectivity index (χ3n) is 1.05. The van der Waals surface area contributed by atoms with Crippen LogP contribution in [-0.4, -0.2) is 22.7 Å². The Morgan fingerprint density at radius 1 is 1.56 bits per heavy atom. The predicted octanol–water partition coefficient (Wildman–Crippen LogP) is 1.02. The van der Waals surface area contributed by atoms with Crippen LogP contribution in [0.4, 0.5) is 0 Å². The lowest BCUT2D eigenvalue weighted by Gasteiger charge is -2.00. The molecule has 1 heterocycles. The lowest BCUT2D eigenvalue weighted by molar-refractivity contribution is -0.157.